The molecule has 0 bridgehead atoms. The number of aromatic nitrogens is 1. The first kappa shape index (κ1) is 34.5. The van der Waals surface area contributed by atoms with E-state index in [4.69, 9.17) is 37.4 Å². The van der Waals surface area contributed by atoms with Gasteiger partial charge < -0.3 is 34.6 Å². The van der Waals surface area contributed by atoms with Crippen LogP contribution in [-0.2, 0) is 20.7 Å². The summed E-state index contributed by atoms with van der Waals surface area (Å²) in [5.41, 5.74) is 1.64. The van der Waals surface area contributed by atoms with Crippen molar-refractivity contribution in [1.82, 2.24) is 0 Å². The van der Waals surface area contributed by atoms with Crippen LogP contribution in [0, 0.1) is 11.1 Å². The molecular formula is C34H30Cl2F2N2O8. The number of nitrogens with zero attached hydrogens (tertiary/aromatic N) is 1. The number of carbonyl (C=O) groups is 2. The average Bonchev–Trinajstić information content (AvgIpc) is 3.88. The van der Waals surface area contributed by atoms with Crippen LogP contribution >= 0.6 is 23.2 Å². The molecule has 1 aliphatic rings. The molecule has 1 saturated carbocycles. The Labute approximate surface area is 284 Å². The minimum absolute atomic E-state index is 0.0251. The van der Waals surface area contributed by atoms with E-state index in [0.29, 0.717) is 39.6 Å². The van der Waals surface area contributed by atoms with Crippen molar-refractivity contribution in [2.75, 3.05) is 18.5 Å². The SMILES string of the molecule is O=C(COc1cccc(NC(C(=O)O)c2ccccc2)c1)O[C@@H](Cc1c(Cl)c[n+]([O-])cc1Cl)c1ccc(OC(F)F)c(OCC2CC2)c1. The maximum atomic E-state index is 13.2. The first-order valence-corrected chi connectivity index (χ1v) is 15.6. The number of nitrogens with one attached hydrogen (secondary N) is 1. The zero-order valence-corrected chi connectivity index (χ0v) is 26.7. The average molecular weight is 704 g/mol. The Kier molecular flexibility index (Phi) is 11.4. The number of esters is 1. The van der Waals surface area contributed by atoms with E-state index < -0.39 is 37.3 Å². The number of alkyl halides is 2. The van der Waals surface area contributed by atoms with Gasteiger partial charge in [0, 0.05) is 23.7 Å². The Morgan fingerprint density at radius 3 is 2.33 bits per heavy atom. The number of carbonyl (C=O) groups excluding carboxylic acids is 1. The third-order valence-corrected chi connectivity index (χ3v) is 7.98. The van der Waals surface area contributed by atoms with Crippen LogP contribution in [0.4, 0.5) is 14.5 Å². The number of aliphatic carboxylic acids is 1. The fourth-order valence-electron chi connectivity index (χ4n) is 4.77. The topological polar surface area (TPSA) is 130 Å². The second-order valence-electron chi connectivity index (χ2n) is 11.0. The Hall–Kier alpha value is -4.81. The van der Waals surface area contributed by atoms with Crippen LogP contribution < -0.4 is 24.3 Å². The van der Waals surface area contributed by atoms with E-state index in [0.717, 1.165) is 25.2 Å². The van der Waals surface area contributed by atoms with Gasteiger partial charge in [0.2, 0.25) is 0 Å². The molecule has 0 amide bonds. The maximum Gasteiger partial charge on any atom is 0.387 e. The summed E-state index contributed by atoms with van der Waals surface area (Å²) in [5, 5.41) is 24.6. The van der Waals surface area contributed by atoms with Crippen LogP contribution in [0.2, 0.25) is 10.0 Å². The molecule has 1 fully saturated rings. The third-order valence-electron chi connectivity index (χ3n) is 7.33. The highest BCUT2D eigenvalue weighted by atomic mass is 35.5. The number of benzene rings is 3. The van der Waals surface area contributed by atoms with E-state index in [-0.39, 0.29) is 33.7 Å². The number of hydrogen-bond acceptors (Lipinski definition) is 8. The molecule has 1 heterocycles. The first-order chi connectivity index (χ1) is 23.0. The van der Waals surface area contributed by atoms with E-state index in [1.54, 1.807) is 48.5 Å². The fraction of sp³-hybridized carbons (Fsp3) is 0.265. The van der Waals surface area contributed by atoms with Crippen LogP contribution in [0.15, 0.2) is 85.2 Å². The van der Waals surface area contributed by atoms with Crippen molar-refractivity contribution in [3.63, 3.8) is 0 Å². The first-order valence-electron chi connectivity index (χ1n) is 14.8. The van der Waals surface area contributed by atoms with Gasteiger partial charge in [-0.15, -0.1) is 0 Å². The van der Waals surface area contributed by atoms with Gasteiger partial charge in [0.05, 0.1) is 6.61 Å². The lowest BCUT2D eigenvalue weighted by molar-refractivity contribution is -0.605. The summed E-state index contributed by atoms with van der Waals surface area (Å²) in [4.78, 5) is 25.1. The van der Waals surface area contributed by atoms with Gasteiger partial charge in [-0.2, -0.15) is 13.5 Å². The number of carboxylic acid groups (broad SMARTS) is 1. The zero-order valence-electron chi connectivity index (χ0n) is 25.2. The van der Waals surface area contributed by atoms with Crippen LogP contribution in [0.25, 0.3) is 0 Å². The van der Waals surface area contributed by atoms with Crippen molar-refractivity contribution in [2.45, 2.75) is 38.0 Å². The van der Waals surface area contributed by atoms with Crippen LogP contribution in [-0.4, -0.2) is 36.9 Å². The molecule has 1 aliphatic carbocycles. The van der Waals surface area contributed by atoms with Gasteiger partial charge in [0.1, 0.15) is 21.9 Å². The van der Waals surface area contributed by atoms with E-state index in [9.17, 15) is 28.7 Å². The standard InChI is InChI=1S/C34H30Cl2F2N2O8/c35-26-16-40(44)17-27(36)25(26)15-29(22-11-12-28(48-34(37)38)30(13-22)46-18-20-9-10-20)47-31(41)19-45-24-8-4-7-23(14-24)39-32(33(42)43)21-5-2-1-3-6-21/h1-8,11-14,16-17,20,29,32,34,39H,9-10,15,18-19H2,(H,42,43)/t29-,32?/m0/s1. The highest BCUT2D eigenvalue weighted by molar-refractivity contribution is 6.35. The number of anilines is 1. The van der Waals surface area contributed by atoms with Crippen molar-refractivity contribution >= 4 is 40.8 Å². The monoisotopic (exact) mass is 702 g/mol. The van der Waals surface area contributed by atoms with Crippen LogP contribution in [0.3, 0.4) is 0 Å². The van der Waals surface area contributed by atoms with Gasteiger partial charge in [-0.3, -0.25) is 0 Å². The summed E-state index contributed by atoms with van der Waals surface area (Å²) < 4.78 is 48.6. The van der Waals surface area contributed by atoms with Crippen molar-refractivity contribution in [3.8, 4) is 17.2 Å². The molecule has 1 unspecified atom stereocenters. The predicted octanol–water partition coefficient (Wildman–Crippen LogP) is 7.16. The van der Waals surface area contributed by atoms with Crippen molar-refractivity contribution < 1.29 is 47.2 Å². The van der Waals surface area contributed by atoms with E-state index in [1.807, 2.05) is 0 Å². The molecule has 0 aliphatic heterocycles. The summed E-state index contributed by atoms with van der Waals surface area (Å²) in [6.45, 7) is -3.34. The molecule has 14 heteroatoms. The number of halogens is 4. The molecule has 0 spiro atoms. The molecule has 10 nitrogen and oxygen atoms in total. The molecule has 2 atom stereocenters. The Bertz CT molecular complexity index is 1720. The van der Waals surface area contributed by atoms with Gasteiger partial charge in [-0.25, -0.2) is 9.59 Å². The molecule has 4 aromatic rings. The number of pyridine rings is 1. The van der Waals surface area contributed by atoms with E-state index in [2.05, 4.69) is 10.1 Å². The minimum Gasteiger partial charge on any atom is -0.619 e. The Morgan fingerprint density at radius 2 is 1.67 bits per heavy atom. The highest BCUT2D eigenvalue weighted by Gasteiger charge is 2.27. The molecule has 48 heavy (non-hydrogen) atoms. The van der Waals surface area contributed by atoms with Crippen molar-refractivity contribution in [2.24, 2.45) is 5.92 Å². The zero-order chi connectivity index (χ0) is 34.2. The molecular weight excluding hydrogens is 673 g/mol. The normalized spacial score (nSPS) is 13.8. The number of rotatable bonds is 16. The lowest BCUT2D eigenvalue weighted by Gasteiger charge is -2.21. The van der Waals surface area contributed by atoms with Gasteiger partial charge >= 0.3 is 18.6 Å². The van der Waals surface area contributed by atoms with E-state index >= 15 is 0 Å². The van der Waals surface area contributed by atoms with Gasteiger partial charge in [0.25, 0.3) is 0 Å². The number of hydrogen-bond donors (Lipinski definition) is 2. The lowest BCUT2D eigenvalue weighted by atomic mass is 10.0. The second kappa shape index (κ2) is 15.9. The highest BCUT2D eigenvalue weighted by Crippen LogP contribution is 2.38. The van der Waals surface area contributed by atoms with Crippen molar-refractivity contribution in [1.29, 1.82) is 0 Å². The summed E-state index contributed by atoms with van der Waals surface area (Å²) in [7, 11) is 0. The molecule has 2 N–H and O–H groups in total. The predicted molar refractivity (Wildman–Crippen MR) is 172 cm³/mol. The molecule has 1 aromatic heterocycles. The Morgan fingerprint density at radius 1 is 0.938 bits per heavy atom. The molecule has 252 valence electrons. The summed E-state index contributed by atoms with van der Waals surface area (Å²) >= 11 is 12.6. The number of ether oxygens (including phenoxy) is 4. The fourth-order valence-corrected chi connectivity index (χ4v) is 5.37. The Balaban J connectivity index is 1.33. The molecule has 3 aromatic carbocycles. The summed E-state index contributed by atoms with van der Waals surface area (Å²) in [5.74, 6) is -1.47. The summed E-state index contributed by atoms with van der Waals surface area (Å²) in [6.07, 6.45) is 2.96. The largest absolute Gasteiger partial charge is 0.619 e. The number of carboxylic acids is 1. The maximum absolute atomic E-state index is 13.2. The molecule has 0 saturated heterocycles. The second-order valence-corrected chi connectivity index (χ2v) is 11.8. The van der Waals surface area contributed by atoms with Crippen molar-refractivity contribution in [3.05, 3.63) is 117 Å². The lowest BCUT2D eigenvalue weighted by Crippen LogP contribution is -2.26. The minimum atomic E-state index is -3.09. The smallest absolute Gasteiger partial charge is 0.387 e. The van der Waals surface area contributed by atoms with Gasteiger partial charge in [-0.1, -0.05) is 65.7 Å². The van der Waals surface area contributed by atoms with Gasteiger partial charge in [0.15, 0.2) is 36.5 Å². The molecule has 0 radical (unpaired) electrons. The summed E-state index contributed by atoms with van der Waals surface area (Å²) in [6, 6.07) is 18.2. The quantitative estimate of drug-likeness (QED) is 0.0709. The third kappa shape index (κ3) is 9.61. The van der Waals surface area contributed by atoms with E-state index in [1.165, 1.54) is 24.3 Å². The van der Waals surface area contributed by atoms with Crippen LogP contribution in [0.5, 0.6) is 17.2 Å². The van der Waals surface area contributed by atoms with Crippen LogP contribution in [0.1, 0.15) is 41.7 Å². The van der Waals surface area contributed by atoms with Gasteiger partial charge in [-0.05, 0) is 54.2 Å². The molecule has 5 rings (SSSR count).